The minimum atomic E-state index is -3.92. The van der Waals surface area contributed by atoms with Gasteiger partial charge in [0.1, 0.15) is 16.7 Å². The first-order valence-electron chi connectivity index (χ1n) is 12.0. The van der Waals surface area contributed by atoms with Gasteiger partial charge in [-0.3, -0.25) is 4.79 Å². The van der Waals surface area contributed by atoms with E-state index >= 15 is 0 Å². The number of amides is 1. The van der Waals surface area contributed by atoms with E-state index in [4.69, 9.17) is 4.74 Å². The van der Waals surface area contributed by atoms with Crippen LogP contribution in [0.1, 0.15) is 37.8 Å². The van der Waals surface area contributed by atoms with Gasteiger partial charge in [0.25, 0.3) is 0 Å². The molecule has 2 aliphatic rings. The summed E-state index contributed by atoms with van der Waals surface area (Å²) in [6.07, 6.45) is 1.40. The number of nitrogens with zero attached hydrogens (tertiary/aromatic N) is 2. The molecule has 8 heteroatoms. The van der Waals surface area contributed by atoms with Crippen molar-refractivity contribution in [3.63, 3.8) is 0 Å². The number of aliphatic hydroxyl groups excluding tert-OH is 1. The van der Waals surface area contributed by atoms with E-state index in [0.717, 1.165) is 18.4 Å². The van der Waals surface area contributed by atoms with Gasteiger partial charge in [0.05, 0.1) is 13.2 Å². The van der Waals surface area contributed by atoms with E-state index in [-0.39, 0.29) is 41.5 Å². The summed E-state index contributed by atoms with van der Waals surface area (Å²) < 4.78 is 34.8. The molecule has 1 aliphatic carbocycles. The molecule has 1 heterocycles. The quantitative estimate of drug-likeness (QED) is 0.644. The van der Waals surface area contributed by atoms with E-state index < -0.39 is 22.2 Å². The van der Waals surface area contributed by atoms with Crippen molar-refractivity contribution in [1.82, 2.24) is 9.21 Å². The van der Waals surface area contributed by atoms with Gasteiger partial charge >= 0.3 is 0 Å². The molecule has 7 nitrogen and oxygen atoms in total. The molecular weight excluding hydrogens is 464 g/mol. The lowest BCUT2D eigenvalue weighted by molar-refractivity contribution is -0.132. The first-order chi connectivity index (χ1) is 16.7. The van der Waals surface area contributed by atoms with Crippen molar-refractivity contribution in [3.05, 3.63) is 59.7 Å². The lowest BCUT2D eigenvalue weighted by Gasteiger charge is -2.37. The molecule has 0 aromatic heterocycles. The van der Waals surface area contributed by atoms with Crippen LogP contribution < -0.4 is 4.74 Å². The Bertz CT molecular complexity index is 1230. The van der Waals surface area contributed by atoms with Crippen molar-refractivity contribution in [1.29, 1.82) is 0 Å². The summed E-state index contributed by atoms with van der Waals surface area (Å²) >= 11 is 0. The Morgan fingerprint density at radius 2 is 1.86 bits per heavy atom. The number of carbonyl (C=O) groups excluding carboxylic acids is 1. The van der Waals surface area contributed by atoms with Crippen LogP contribution in [0.5, 0.6) is 5.75 Å². The number of fused-ring (bicyclic) bond motifs is 1. The molecule has 186 valence electrons. The average Bonchev–Trinajstić information content (AvgIpc) is 3.70. The Morgan fingerprint density at radius 1 is 1.17 bits per heavy atom. The van der Waals surface area contributed by atoms with Gasteiger partial charge in [-0.25, -0.2) is 8.42 Å². The molecule has 1 amide bonds. The van der Waals surface area contributed by atoms with E-state index in [1.807, 2.05) is 37.3 Å². The Kier molecular flexibility index (Phi) is 7.50. The molecule has 1 N–H and O–H groups in total. The molecule has 3 atom stereocenters. The summed E-state index contributed by atoms with van der Waals surface area (Å²) in [6.45, 7) is 3.82. The first-order valence-corrected chi connectivity index (χ1v) is 13.4. The second kappa shape index (κ2) is 10.4. The number of hydrogen-bond acceptors (Lipinski definition) is 5. The maximum Gasteiger partial charge on any atom is 0.247 e. The minimum Gasteiger partial charge on any atom is -0.487 e. The fraction of sp³-hybridized carbons (Fsp3) is 0.444. The summed E-state index contributed by atoms with van der Waals surface area (Å²) in [5.74, 6) is 6.34. The van der Waals surface area contributed by atoms with Crippen molar-refractivity contribution < 1.29 is 23.1 Å². The highest BCUT2D eigenvalue weighted by Gasteiger charge is 2.39. The highest BCUT2D eigenvalue weighted by Crippen LogP contribution is 2.35. The molecule has 1 fully saturated rings. The normalized spacial score (nSPS) is 22.4. The zero-order valence-corrected chi connectivity index (χ0v) is 21.2. The maximum absolute atomic E-state index is 13.6. The van der Waals surface area contributed by atoms with Crippen LogP contribution in [0, 0.1) is 23.7 Å². The standard InChI is InChI=1S/C27H32N2O5S/c1-19-16-29(20(2)18-30)35(32,33)26-14-11-22(10-9-21-7-5-4-6-8-21)15-24(26)34-25(19)17-28(3)27(31)23-12-13-23/h4-8,11,14-15,19-20,23,25,30H,12-13,16-18H2,1-3H3/t19-,20+,25+/m1/s1. The Morgan fingerprint density at radius 3 is 2.51 bits per heavy atom. The number of benzene rings is 2. The third-order valence-corrected chi connectivity index (χ3v) is 8.57. The van der Waals surface area contributed by atoms with Gasteiger partial charge in [0, 0.05) is 42.6 Å². The summed E-state index contributed by atoms with van der Waals surface area (Å²) in [5, 5.41) is 9.78. The van der Waals surface area contributed by atoms with Crippen molar-refractivity contribution >= 4 is 15.9 Å². The molecule has 0 radical (unpaired) electrons. The Hall–Kier alpha value is -2.86. The SMILES string of the molecule is C[C@@H]1CN([C@@H](C)CO)S(=O)(=O)c2ccc(C#Cc3ccccc3)cc2O[C@H]1CN(C)C(=O)C1CC1. The van der Waals surface area contributed by atoms with Gasteiger partial charge < -0.3 is 14.7 Å². The second-order valence-electron chi connectivity index (χ2n) is 9.51. The first kappa shape index (κ1) is 25.2. The summed E-state index contributed by atoms with van der Waals surface area (Å²) in [6, 6.07) is 13.8. The minimum absolute atomic E-state index is 0.0381. The largest absolute Gasteiger partial charge is 0.487 e. The Labute approximate surface area is 207 Å². The number of rotatable bonds is 5. The van der Waals surface area contributed by atoms with Crippen molar-refractivity contribution in [2.24, 2.45) is 11.8 Å². The predicted octanol–water partition coefficient (Wildman–Crippen LogP) is 2.72. The number of carbonyl (C=O) groups is 1. The van der Waals surface area contributed by atoms with Crippen molar-refractivity contribution in [3.8, 4) is 17.6 Å². The summed E-state index contributed by atoms with van der Waals surface area (Å²) in [4.78, 5) is 14.3. The smallest absolute Gasteiger partial charge is 0.247 e. The fourth-order valence-electron chi connectivity index (χ4n) is 4.19. The second-order valence-corrected chi connectivity index (χ2v) is 11.4. The van der Waals surface area contributed by atoms with Crippen LogP contribution in [-0.4, -0.2) is 67.5 Å². The zero-order chi connectivity index (χ0) is 25.2. The molecule has 1 saturated carbocycles. The molecule has 0 spiro atoms. The summed E-state index contributed by atoms with van der Waals surface area (Å²) in [7, 11) is -2.16. The molecule has 2 aromatic carbocycles. The summed E-state index contributed by atoms with van der Waals surface area (Å²) in [5.41, 5.74) is 1.47. The molecule has 0 bridgehead atoms. The lowest BCUT2D eigenvalue weighted by atomic mass is 10.0. The number of hydrogen-bond donors (Lipinski definition) is 1. The van der Waals surface area contributed by atoms with Crippen LogP contribution in [-0.2, 0) is 14.8 Å². The molecule has 35 heavy (non-hydrogen) atoms. The highest BCUT2D eigenvalue weighted by atomic mass is 32.2. The number of sulfonamides is 1. The van der Waals surface area contributed by atoms with Crippen molar-refractivity contribution in [2.45, 2.75) is 43.7 Å². The number of likely N-dealkylation sites (N-methyl/N-ethyl adjacent to an activating group) is 1. The van der Waals surface area contributed by atoms with E-state index in [1.165, 1.54) is 10.4 Å². The topological polar surface area (TPSA) is 87.2 Å². The van der Waals surface area contributed by atoms with Gasteiger partial charge in [0.15, 0.2) is 0 Å². The average molecular weight is 497 g/mol. The Balaban J connectivity index is 1.72. The van der Waals surface area contributed by atoms with E-state index in [0.29, 0.717) is 12.1 Å². The molecule has 2 aromatic rings. The molecule has 1 aliphatic heterocycles. The van der Waals surface area contributed by atoms with Gasteiger partial charge in [-0.05, 0) is 50.1 Å². The molecule has 0 unspecified atom stereocenters. The molecule has 4 rings (SSSR count). The van der Waals surface area contributed by atoms with Crippen LogP contribution in [0.4, 0.5) is 0 Å². The highest BCUT2D eigenvalue weighted by molar-refractivity contribution is 7.89. The number of aliphatic hydroxyl groups is 1. The van der Waals surface area contributed by atoms with E-state index in [2.05, 4.69) is 11.8 Å². The van der Waals surface area contributed by atoms with Gasteiger partial charge in [0.2, 0.25) is 15.9 Å². The third-order valence-electron chi connectivity index (χ3n) is 6.55. The van der Waals surface area contributed by atoms with Crippen LogP contribution in [0.15, 0.2) is 53.4 Å². The zero-order valence-electron chi connectivity index (χ0n) is 20.3. The van der Waals surface area contributed by atoms with E-state index in [1.54, 1.807) is 31.0 Å². The maximum atomic E-state index is 13.6. The lowest BCUT2D eigenvalue weighted by Crippen LogP contribution is -2.50. The van der Waals surface area contributed by atoms with Crippen molar-refractivity contribution in [2.75, 3.05) is 26.7 Å². The van der Waals surface area contributed by atoms with Crippen LogP contribution in [0.2, 0.25) is 0 Å². The van der Waals surface area contributed by atoms with Gasteiger partial charge in [-0.15, -0.1) is 0 Å². The van der Waals surface area contributed by atoms with Crippen LogP contribution in [0.25, 0.3) is 0 Å². The van der Waals surface area contributed by atoms with Gasteiger partial charge in [-0.1, -0.05) is 37.0 Å². The monoisotopic (exact) mass is 496 g/mol. The molecule has 0 saturated heterocycles. The van der Waals surface area contributed by atoms with E-state index in [9.17, 15) is 18.3 Å². The predicted molar refractivity (Wildman–Crippen MR) is 133 cm³/mol. The van der Waals surface area contributed by atoms with Gasteiger partial charge in [-0.2, -0.15) is 4.31 Å². The number of ether oxygens (including phenoxy) is 1. The fourth-order valence-corrected chi connectivity index (χ4v) is 6.01. The molecular formula is C27H32N2O5S. The van der Waals surface area contributed by atoms with Crippen LogP contribution >= 0.6 is 0 Å². The van der Waals surface area contributed by atoms with Crippen LogP contribution in [0.3, 0.4) is 0 Å². The third kappa shape index (κ3) is 5.69.